The summed E-state index contributed by atoms with van der Waals surface area (Å²) in [7, 11) is 1.80. The highest BCUT2D eigenvalue weighted by Gasteiger charge is 2.26. The van der Waals surface area contributed by atoms with Crippen LogP contribution in [0.2, 0.25) is 0 Å². The lowest BCUT2D eigenvalue weighted by Gasteiger charge is -2.35. The van der Waals surface area contributed by atoms with Crippen LogP contribution < -0.4 is 0 Å². The number of nitrogens with zero attached hydrogens (tertiary/aromatic N) is 1. The Morgan fingerprint density at radius 1 is 1.11 bits per heavy atom. The van der Waals surface area contributed by atoms with E-state index in [9.17, 15) is 5.11 Å². The molecule has 1 N–H and O–H groups in total. The molecule has 1 aliphatic carbocycles. The van der Waals surface area contributed by atoms with E-state index in [0.717, 1.165) is 26.1 Å². The molecule has 1 saturated carbocycles. The van der Waals surface area contributed by atoms with Gasteiger partial charge in [-0.1, -0.05) is 19.3 Å². The molecule has 3 nitrogen and oxygen atoms in total. The molecule has 0 radical (unpaired) electrons. The Morgan fingerprint density at radius 2 is 1.94 bits per heavy atom. The summed E-state index contributed by atoms with van der Waals surface area (Å²) in [6.07, 6.45) is 8.58. The average Bonchev–Trinajstić information content (AvgIpc) is 2.56. The zero-order valence-electron chi connectivity index (χ0n) is 11.8. The van der Waals surface area contributed by atoms with Crippen LogP contribution in [0.4, 0.5) is 0 Å². The van der Waals surface area contributed by atoms with Crippen molar-refractivity contribution in [1.29, 1.82) is 0 Å². The lowest BCUT2D eigenvalue weighted by Crippen LogP contribution is -2.42. The summed E-state index contributed by atoms with van der Waals surface area (Å²) in [5, 5.41) is 10.2. The normalized spacial score (nSPS) is 35.3. The van der Waals surface area contributed by atoms with Crippen LogP contribution in [0.15, 0.2) is 0 Å². The highest BCUT2D eigenvalue weighted by Crippen LogP contribution is 2.26. The van der Waals surface area contributed by atoms with E-state index in [1.54, 1.807) is 7.11 Å². The predicted molar refractivity (Wildman–Crippen MR) is 73.6 cm³/mol. The second kappa shape index (κ2) is 7.46. The van der Waals surface area contributed by atoms with Gasteiger partial charge in [-0.25, -0.2) is 0 Å². The van der Waals surface area contributed by atoms with Gasteiger partial charge in [0.1, 0.15) is 0 Å². The van der Waals surface area contributed by atoms with Gasteiger partial charge in [-0.15, -0.1) is 0 Å². The molecule has 1 saturated heterocycles. The first-order chi connectivity index (χ1) is 8.79. The van der Waals surface area contributed by atoms with Crippen LogP contribution in [0, 0.1) is 11.8 Å². The molecule has 2 rings (SSSR count). The fourth-order valence-electron chi connectivity index (χ4n) is 3.60. The van der Waals surface area contributed by atoms with Crippen molar-refractivity contribution >= 4 is 0 Å². The molecule has 106 valence electrons. The molecule has 3 heteroatoms. The van der Waals surface area contributed by atoms with Crippen molar-refractivity contribution in [2.24, 2.45) is 11.8 Å². The number of aliphatic hydroxyl groups is 1. The molecule has 3 unspecified atom stereocenters. The standard InChI is InChI=1S/C15H29NO2/c1-18-12-13-6-5-9-16(10-13)11-14-7-3-2-4-8-15(14)17/h13-15,17H,2-12H2,1H3. The second-order valence-corrected chi connectivity index (χ2v) is 6.19. The fraction of sp³-hybridized carbons (Fsp3) is 1.00. The zero-order valence-corrected chi connectivity index (χ0v) is 11.8. The third-order valence-corrected chi connectivity index (χ3v) is 4.62. The Balaban J connectivity index is 1.80. The van der Waals surface area contributed by atoms with Gasteiger partial charge in [-0.2, -0.15) is 0 Å². The molecule has 0 aromatic carbocycles. The lowest BCUT2D eigenvalue weighted by molar-refractivity contribution is 0.0446. The minimum atomic E-state index is -0.0599. The Hall–Kier alpha value is -0.120. The van der Waals surface area contributed by atoms with E-state index in [1.165, 1.54) is 45.1 Å². The summed E-state index contributed by atoms with van der Waals surface area (Å²) in [6, 6.07) is 0. The third kappa shape index (κ3) is 4.22. The SMILES string of the molecule is COCC1CCCN(CC2CCCCCC2O)C1. The molecule has 0 spiro atoms. The van der Waals surface area contributed by atoms with Crippen molar-refractivity contribution in [3.8, 4) is 0 Å². The van der Waals surface area contributed by atoms with Crippen molar-refractivity contribution < 1.29 is 9.84 Å². The molecule has 18 heavy (non-hydrogen) atoms. The highest BCUT2D eigenvalue weighted by molar-refractivity contribution is 4.79. The van der Waals surface area contributed by atoms with Gasteiger partial charge >= 0.3 is 0 Å². The van der Waals surface area contributed by atoms with Crippen LogP contribution in [0.1, 0.15) is 44.9 Å². The van der Waals surface area contributed by atoms with Gasteiger partial charge in [0.05, 0.1) is 12.7 Å². The number of methoxy groups -OCH3 is 1. The van der Waals surface area contributed by atoms with Gasteiger partial charge in [0.2, 0.25) is 0 Å². The maximum absolute atomic E-state index is 10.2. The van der Waals surface area contributed by atoms with Crippen LogP contribution >= 0.6 is 0 Å². The first kappa shape index (κ1) is 14.3. The molecular formula is C15H29NO2. The van der Waals surface area contributed by atoms with Crippen LogP contribution in [-0.4, -0.2) is 49.5 Å². The molecule has 0 amide bonds. The van der Waals surface area contributed by atoms with E-state index < -0.39 is 0 Å². The summed E-state index contributed by atoms with van der Waals surface area (Å²) in [5.41, 5.74) is 0. The monoisotopic (exact) mass is 255 g/mol. The predicted octanol–water partition coefficient (Wildman–Crippen LogP) is 2.29. The van der Waals surface area contributed by atoms with Crippen molar-refractivity contribution in [2.75, 3.05) is 33.4 Å². The van der Waals surface area contributed by atoms with E-state index in [1.807, 2.05) is 0 Å². The van der Waals surface area contributed by atoms with Crippen LogP contribution in [-0.2, 0) is 4.74 Å². The smallest absolute Gasteiger partial charge is 0.0580 e. The van der Waals surface area contributed by atoms with Gasteiger partial charge in [0, 0.05) is 20.2 Å². The molecule has 0 bridgehead atoms. The number of hydrogen-bond acceptors (Lipinski definition) is 3. The summed E-state index contributed by atoms with van der Waals surface area (Å²) in [4.78, 5) is 2.56. The third-order valence-electron chi connectivity index (χ3n) is 4.62. The van der Waals surface area contributed by atoms with Gasteiger partial charge < -0.3 is 14.7 Å². The molecule has 3 atom stereocenters. The molecule has 2 aliphatic rings. The fourth-order valence-corrected chi connectivity index (χ4v) is 3.60. The first-order valence-electron chi connectivity index (χ1n) is 7.69. The molecular weight excluding hydrogens is 226 g/mol. The van der Waals surface area contributed by atoms with Crippen molar-refractivity contribution in [3.05, 3.63) is 0 Å². The van der Waals surface area contributed by atoms with Gasteiger partial charge in [-0.3, -0.25) is 0 Å². The van der Waals surface area contributed by atoms with Crippen molar-refractivity contribution in [1.82, 2.24) is 4.90 Å². The van der Waals surface area contributed by atoms with E-state index in [2.05, 4.69) is 4.90 Å². The molecule has 0 aromatic heterocycles. The van der Waals surface area contributed by atoms with E-state index in [4.69, 9.17) is 4.74 Å². The van der Waals surface area contributed by atoms with Crippen molar-refractivity contribution in [2.45, 2.75) is 51.0 Å². The maximum atomic E-state index is 10.2. The van der Waals surface area contributed by atoms with Gasteiger partial charge in [-0.05, 0) is 44.1 Å². The van der Waals surface area contributed by atoms with E-state index in [-0.39, 0.29) is 6.10 Å². The summed E-state index contributed by atoms with van der Waals surface area (Å²) < 4.78 is 5.28. The van der Waals surface area contributed by atoms with Crippen LogP contribution in [0.5, 0.6) is 0 Å². The van der Waals surface area contributed by atoms with Gasteiger partial charge in [0.25, 0.3) is 0 Å². The lowest BCUT2D eigenvalue weighted by atomic mass is 9.93. The minimum absolute atomic E-state index is 0.0599. The second-order valence-electron chi connectivity index (χ2n) is 6.19. The highest BCUT2D eigenvalue weighted by atomic mass is 16.5. The number of aliphatic hydroxyl groups excluding tert-OH is 1. The topological polar surface area (TPSA) is 32.7 Å². The molecule has 2 fully saturated rings. The summed E-state index contributed by atoms with van der Waals surface area (Å²) in [5.74, 6) is 1.21. The number of piperidine rings is 1. The number of ether oxygens (including phenoxy) is 1. The Morgan fingerprint density at radius 3 is 2.78 bits per heavy atom. The summed E-state index contributed by atoms with van der Waals surface area (Å²) in [6.45, 7) is 4.37. The Bertz CT molecular complexity index is 233. The average molecular weight is 255 g/mol. The van der Waals surface area contributed by atoms with Crippen molar-refractivity contribution in [3.63, 3.8) is 0 Å². The number of hydrogen-bond donors (Lipinski definition) is 1. The minimum Gasteiger partial charge on any atom is -0.393 e. The summed E-state index contributed by atoms with van der Waals surface area (Å²) >= 11 is 0. The first-order valence-corrected chi connectivity index (χ1v) is 7.69. The van der Waals surface area contributed by atoms with E-state index in [0.29, 0.717) is 11.8 Å². The molecule has 0 aromatic rings. The maximum Gasteiger partial charge on any atom is 0.0580 e. The number of rotatable bonds is 4. The van der Waals surface area contributed by atoms with Crippen LogP contribution in [0.25, 0.3) is 0 Å². The number of likely N-dealkylation sites (tertiary alicyclic amines) is 1. The quantitative estimate of drug-likeness (QED) is 0.782. The van der Waals surface area contributed by atoms with Crippen LogP contribution in [0.3, 0.4) is 0 Å². The largest absolute Gasteiger partial charge is 0.393 e. The Kier molecular flexibility index (Phi) is 5.93. The zero-order chi connectivity index (χ0) is 12.8. The van der Waals surface area contributed by atoms with E-state index >= 15 is 0 Å². The molecule has 1 heterocycles. The van der Waals surface area contributed by atoms with Gasteiger partial charge in [0.15, 0.2) is 0 Å². The molecule has 1 aliphatic heterocycles. The Labute approximate surface area is 112 Å².